The number of hydrogen-bond donors (Lipinski definition) is 1. The maximum absolute atomic E-state index is 13.0. The van der Waals surface area contributed by atoms with Crippen LogP contribution in [0.2, 0.25) is 0 Å². The van der Waals surface area contributed by atoms with Gasteiger partial charge in [-0.25, -0.2) is 4.79 Å². The largest absolute Gasteiger partial charge is 0.449 e. The Morgan fingerprint density at radius 3 is 2.31 bits per heavy atom. The first-order valence-corrected chi connectivity index (χ1v) is 10.2. The van der Waals surface area contributed by atoms with E-state index in [1.807, 2.05) is 36.4 Å². The van der Waals surface area contributed by atoms with Gasteiger partial charge in [0.1, 0.15) is 6.61 Å². The smallest absolute Gasteiger partial charge is 0.433 e. The van der Waals surface area contributed by atoms with E-state index >= 15 is 0 Å². The number of alkyl halides is 3. The number of halogens is 3. The van der Waals surface area contributed by atoms with Crippen molar-refractivity contribution in [2.45, 2.75) is 18.5 Å². The minimum atomic E-state index is -4.51. The summed E-state index contributed by atoms with van der Waals surface area (Å²) in [5.41, 5.74) is 3.61. The molecule has 32 heavy (non-hydrogen) atoms. The summed E-state index contributed by atoms with van der Waals surface area (Å²) >= 11 is 0. The predicted octanol–water partition coefficient (Wildman–Crippen LogP) is 6.04. The standard InChI is InChI=1S/C25H21F3N2O2/c26-25(27,28)23-17(9-7-15-29-23)8-5-6-14-30-24(31)32-16-22-20-12-3-1-10-18(20)19-11-2-4-13-21(19)22/h1-5,7-13,15,22H,6,14,16H2,(H,30,31). The van der Waals surface area contributed by atoms with Gasteiger partial charge in [-0.1, -0.05) is 66.7 Å². The number of nitrogens with one attached hydrogen (secondary N) is 1. The molecule has 1 aliphatic carbocycles. The van der Waals surface area contributed by atoms with E-state index in [0.717, 1.165) is 28.5 Å². The lowest BCUT2D eigenvalue weighted by Crippen LogP contribution is -2.26. The van der Waals surface area contributed by atoms with Crippen LogP contribution in [-0.2, 0) is 10.9 Å². The zero-order valence-electron chi connectivity index (χ0n) is 17.1. The summed E-state index contributed by atoms with van der Waals surface area (Å²) < 4.78 is 44.3. The summed E-state index contributed by atoms with van der Waals surface area (Å²) in [6.45, 7) is 0.453. The first kappa shape index (κ1) is 21.6. The van der Waals surface area contributed by atoms with E-state index in [1.165, 1.54) is 18.2 Å². The van der Waals surface area contributed by atoms with Crippen LogP contribution < -0.4 is 5.32 Å². The Hall–Kier alpha value is -3.61. The first-order chi connectivity index (χ1) is 15.4. The highest BCUT2D eigenvalue weighted by atomic mass is 19.4. The molecule has 164 valence electrons. The van der Waals surface area contributed by atoms with Gasteiger partial charge in [0.25, 0.3) is 0 Å². The summed E-state index contributed by atoms with van der Waals surface area (Å²) in [7, 11) is 0. The lowest BCUT2D eigenvalue weighted by atomic mass is 9.98. The number of rotatable bonds is 6. The summed E-state index contributed by atoms with van der Waals surface area (Å²) in [6, 6.07) is 18.9. The molecule has 7 heteroatoms. The molecule has 0 radical (unpaired) electrons. The van der Waals surface area contributed by atoms with Gasteiger partial charge in [-0.2, -0.15) is 13.2 Å². The summed E-state index contributed by atoms with van der Waals surface area (Å²) in [5, 5.41) is 2.64. The van der Waals surface area contributed by atoms with Gasteiger partial charge in [0, 0.05) is 24.2 Å². The van der Waals surface area contributed by atoms with Crippen molar-refractivity contribution in [2.75, 3.05) is 13.2 Å². The molecule has 0 fully saturated rings. The third kappa shape index (κ3) is 4.66. The zero-order chi connectivity index (χ0) is 22.6. The van der Waals surface area contributed by atoms with Crippen LogP contribution in [0.4, 0.5) is 18.0 Å². The summed E-state index contributed by atoms with van der Waals surface area (Å²) in [5.74, 6) is -0.0283. The molecule has 0 saturated carbocycles. The number of amides is 1. The second kappa shape index (κ2) is 9.26. The molecule has 4 rings (SSSR count). The highest BCUT2D eigenvalue weighted by Crippen LogP contribution is 2.44. The number of benzene rings is 2. The third-order valence-electron chi connectivity index (χ3n) is 5.33. The number of nitrogens with zero attached hydrogens (tertiary/aromatic N) is 1. The Labute approximate surface area is 183 Å². The van der Waals surface area contributed by atoms with E-state index in [9.17, 15) is 18.0 Å². The molecule has 0 bridgehead atoms. The molecule has 0 saturated heterocycles. The maximum Gasteiger partial charge on any atom is 0.433 e. The van der Waals surface area contributed by atoms with Crippen LogP contribution in [0.1, 0.15) is 34.7 Å². The second-order valence-corrected chi connectivity index (χ2v) is 7.38. The number of aromatic nitrogens is 1. The zero-order valence-corrected chi connectivity index (χ0v) is 17.1. The minimum absolute atomic E-state index is 0.0128. The van der Waals surface area contributed by atoms with Crippen molar-refractivity contribution in [1.82, 2.24) is 10.3 Å². The fourth-order valence-corrected chi connectivity index (χ4v) is 3.91. The van der Waals surface area contributed by atoms with E-state index in [4.69, 9.17) is 4.74 Å². The van der Waals surface area contributed by atoms with Crippen LogP contribution in [0.15, 0.2) is 72.9 Å². The molecule has 0 aliphatic heterocycles. The van der Waals surface area contributed by atoms with Crippen molar-refractivity contribution in [3.63, 3.8) is 0 Å². The number of carbonyl (C=O) groups is 1. The summed E-state index contributed by atoms with van der Waals surface area (Å²) in [6.07, 6.45) is -0.682. The fourth-order valence-electron chi connectivity index (χ4n) is 3.91. The van der Waals surface area contributed by atoms with Crippen molar-refractivity contribution in [3.8, 4) is 11.1 Å². The molecule has 1 N–H and O–H groups in total. The molecular formula is C25H21F3N2O2. The van der Waals surface area contributed by atoms with Gasteiger partial charge >= 0.3 is 12.3 Å². The van der Waals surface area contributed by atoms with Crippen LogP contribution in [0.3, 0.4) is 0 Å². The number of ether oxygens (including phenoxy) is 1. The van der Waals surface area contributed by atoms with Gasteiger partial charge in [0.05, 0.1) is 0 Å². The Balaban J connectivity index is 1.29. The topological polar surface area (TPSA) is 51.2 Å². The Kier molecular flexibility index (Phi) is 6.25. The van der Waals surface area contributed by atoms with E-state index < -0.39 is 18.0 Å². The quantitative estimate of drug-likeness (QED) is 0.477. The molecule has 1 aromatic heterocycles. The number of hydrogen-bond acceptors (Lipinski definition) is 3. The maximum atomic E-state index is 13.0. The molecule has 0 atom stereocenters. The van der Waals surface area contributed by atoms with E-state index in [0.29, 0.717) is 6.42 Å². The SMILES string of the molecule is O=C(NCCC=Cc1cccnc1C(F)(F)F)OCC1c2ccccc2-c2ccccc21. The van der Waals surface area contributed by atoms with Crippen LogP contribution in [0.25, 0.3) is 17.2 Å². The Morgan fingerprint density at radius 2 is 1.66 bits per heavy atom. The number of alkyl carbamates (subject to hydrolysis) is 1. The number of fused-ring (bicyclic) bond motifs is 3. The average Bonchev–Trinajstić information content (AvgIpc) is 3.11. The minimum Gasteiger partial charge on any atom is -0.449 e. The molecule has 0 unspecified atom stereocenters. The average molecular weight is 438 g/mol. The van der Waals surface area contributed by atoms with E-state index in [-0.39, 0.29) is 24.6 Å². The predicted molar refractivity (Wildman–Crippen MR) is 116 cm³/mol. The first-order valence-electron chi connectivity index (χ1n) is 10.2. The van der Waals surface area contributed by atoms with E-state index in [2.05, 4.69) is 22.4 Å². The van der Waals surface area contributed by atoms with Crippen molar-refractivity contribution < 1.29 is 22.7 Å². The Bertz CT molecular complexity index is 1100. The normalized spacial score (nSPS) is 13.1. The van der Waals surface area contributed by atoms with Gasteiger partial charge in [-0.15, -0.1) is 0 Å². The van der Waals surface area contributed by atoms with Gasteiger partial charge in [-0.05, 0) is 34.7 Å². The van der Waals surface area contributed by atoms with Crippen LogP contribution >= 0.6 is 0 Å². The van der Waals surface area contributed by atoms with Crippen LogP contribution in [0.5, 0.6) is 0 Å². The molecular weight excluding hydrogens is 417 g/mol. The molecule has 1 amide bonds. The summed E-state index contributed by atoms with van der Waals surface area (Å²) in [4.78, 5) is 15.5. The third-order valence-corrected chi connectivity index (χ3v) is 5.33. The molecule has 2 aromatic carbocycles. The lowest BCUT2D eigenvalue weighted by molar-refractivity contribution is -0.141. The van der Waals surface area contributed by atoms with Crippen LogP contribution in [-0.4, -0.2) is 24.2 Å². The van der Waals surface area contributed by atoms with Gasteiger partial charge in [-0.3, -0.25) is 4.98 Å². The highest BCUT2D eigenvalue weighted by Gasteiger charge is 2.34. The van der Waals surface area contributed by atoms with Crippen LogP contribution in [0, 0.1) is 0 Å². The molecule has 3 aromatic rings. The lowest BCUT2D eigenvalue weighted by Gasteiger charge is -2.14. The van der Waals surface area contributed by atoms with E-state index in [1.54, 1.807) is 6.08 Å². The molecule has 1 aliphatic rings. The van der Waals surface area contributed by atoms with Gasteiger partial charge in [0.15, 0.2) is 5.69 Å². The highest BCUT2D eigenvalue weighted by molar-refractivity contribution is 5.79. The van der Waals surface area contributed by atoms with Crippen molar-refractivity contribution in [1.29, 1.82) is 0 Å². The van der Waals surface area contributed by atoms with Crippen molar-refractivity contribution in [2.24, 2.45) is 0 Å². The van der Waals surface area contributed by atoms with Crippen molar-refractivity contribution >= 4 is 12.2 Å². The van der Waals surface area contributed by atoms with Gasteiger partial charge < -0.3 is 10.1 Å². The molecule has 4 nitrogen and oxygen atoms in total. The van der Waals surface area contributed by atoms with Gasteiger partial charge in [0.2, 0.25) is 0 Å². The molecule has 1 heterocycles. The fraction of sp³-hybridized carbons (Fsp3) is 0.200. The van der Waals surface area contributed by atoms with Crippen molar-refractivity contribution in [3.05, 3.63) is 95.3 Å². The molecule has 0 spiro atoms. The second-order valence-electron chi connectivity index (χ2n) is 7.38. The Morgan fingerprint density at radius 1 is 1.00 bits per heavy atom. The monoisotopic (exact) mass is 438 g/mol. The number of carbonyl (C=O) groups excluding carboxylic acids is 1. The number of pyridine rings is 1.